The highest BCUT2D eigenvalue weighted by molar-refractivity contribution is 5.88. The third-order valence-electron chi connectivity index (χ3n) is 1.05. The lowest BCUT2D eigenvalue weighted by atomic mass is 10.3. The number of hydrogen-bond acceptors (Lipinski definition) is 2. The Bertz CT molecular complexity index is 203. The van der Waals surface area contributed by atoms with Crippen molar-refractivity contribution in [2.45, 2.75) is 6.92 Å². The average molecular weight is 138 g/mol. The number of esters is 1. The molecular formula is C7H8NO2. The first-order valence-corrected chi connectivity index (χ1v) is 3.06. The molecule has 1 heterocycles. The predicted octanol–water partition coefficient (Wildman–Crippen LogP) is 0.992. The fourth-order valence-electron chi connectivity index (χ4n) is 0.613. The minimum atomic E-state index is -0.306. The molecule has 3 heteroatoms. The van der Waals surface area contributed by atoms with Gasteiger partial charge in [-0.3, -0.25) is 0 Å². The van der Waals surface area contributed by atoms with Gasteiger partial charge in [0.15, 0.2) is 0 Å². The van der Waals surface area contributed by atoms with Crippen molar-refractivity contribution in [3.8, 4) is 0 Å². The Morgan fingerprint density at radius 3 is 3.20 bits per heavy atom. The van der Waals surface area contributed by atoms with Crippen LogP contribution in [0.1, 0.15) is 17.3 Å². The van der Waals surface area contributed by atoms with Crippen LogP contribution in [0.3, 0.4) is 0 Å². The van der Waals surface area contributed by atoms with Gasteiger partial charge in [-0.1, -0.05) is 0 Å². The molecule has 53 valence electrons. The van der Waals surface area contributed by atoms with Gasteiger partial charge < -0.3 is 9.72 Å². The molecule has 0 atom stereocenters. The maximum absolute atomic E-state index is 10.8. The Morgan fingerprint density at radius 2 is 2.70 bits per heavy atom. The highest BCUT2D eigenvalue weighted by Gasteiger charge is 2.04. The van der Waals surface area contributed by atoms with E-state index >= 15 is 0 Å². The van der Waals surface area contributed by atoms with Crippen molar-refractivity contribution < 1.29 is 9.53 Å². The first-order chi connectivity index (χ1) is 4.84. The van der Waals surface area contributed by atoms with Crippen LogP contribution in [0.25, 0.3) is 0 Å². The number of H-pyrrole nitrogens is 1. The third kappa shape index (κ3) is 1.37. The quantitative estimate of drug-likeness (QED) is 0.619. The molecular weight excluding hydrogens is 130 g/mol. The van der Waals surface area contributed by atoms with Crippen molar-refractivity contribution in [2.24, 2.45) is 0 Å². The maximum atomic E-state index is 10.8. The molecule has 0 amide bonds. The third-order valence-corrected chi connectivity index (χ3v) is 1.05. The Balaban J connectivity index is 2.59. The smallest absolute Gasteiger partial charge is 0.339 e. The molecule has 0 bridgehead atoms. The van der Waals surface area contributed by atoms with Crippen molar-refractivity contribution in [1.29, 1.82) is 0 Å². The number of nitrogens with one attached hydrogen (secondary N) is 1. The number of aromatic amines is 1. The predicted molar refractivity (Wildman–Crippen MR) is 35.6 cm³/mol. The Hall–Kier alpha value is -1.25. The Kier molecular flexibility index (Phi) is 2.10. The Labute approximate surface area is 59.0 Å². The zero-order chi connectivity index (χ0) is 7.40. The van der Waals surface area contributed by atoms with Gasteiger partial charge in [-0.2, -0.15) is 0 Å². The van der Waals surface area contributed by atoms with Crippen LogP contribution in [0, 0.1) is 6.20 Å². The lowest BCUT2D eigenvalue weighted by Crippen LogP contribution is -2.02. The van der Waals surface area contributed by atoms with Crippen molar-refractivity contribution in [3.63, 3.8) is 0 Å². The van der Waals surface area contributed by atoms with E-state index in [1.54, 1.807) is 19.2 Å². The summed E-state index contributed by atoms with van der Waals surface area (Å²) in [6.07, 6.45) is 4.20. The number of ether oxygens (including phenoxy) is 1. The van der Waals surface area contributed by atoms with E-state index in [-0.39, 0.29) is 5.97 Å². The molecule has 10 heavy (non-hydrogen) atoms. The average Bonchev–Trinajstić information content (AvgIpc) is 2.38. The van der Waals surface area contributed by atoms with E-state index in [0.717, 1.165) is 0 Å². The number of carbonyl (C=O) groups excluding carboxylic acids is 1. The second kappa shape index (κ2) is 3.06. The SMILES string of the molecule is CCOC(=O)c1c[c][nH]c1. The zero-order valence-electron chi connectivity index (χ0n) is 5.68. The molecule has 1 aromatic rings. The minimum Gasteiger partial charge on any atom is -0.462 e. The normalized spacial score (nSPS) is 9.30. The summed E-state index contributed by atoms with van der Waals surface area (Å²) in [7, 11) is 0. The molecule has 1 aromatic heterocycles. The largest absolute Gasteiger partial charge is 0.462 e. The summed E-state index contributed by atoms with van der Waals surface area (Å²) in [4.78, 5) is 13.5. The number of rotatable bonds is 2. The van der Waals surface area contributed by atoms with Gasteiger partial charge in [0.2, 0.25) is 0 Å². The molecule has 1 rings (SSSR count). The van der Waals surface area contributed by atoms with Crippen LogP contribution >= 0.6 is 0 Å². The fourth-order valence-corrected chi connectivity index (χ4v) is 0.613. The second-order valence-corrected chi connectivity index (χ2v) is 1.75. The van der Waals surface area contributed by atoms with Gasteiger partial charge in [0.1, 0.15) is 0 Å². The summed E-state index contributed by atoms with van der Waals surface area (Å²) >= 11 is 0. The summed E-state index contributed by atoms with van der Waals surface area (Å²) in [6.45, 7) is 2.18. The van der Waals surface area contributed by atoms with Crippen LogP contribution in [-0.2, 0) is 4.74 Å². The summed E-state index contributed by atoms with van der Waals surface area (Å²) in [5.74, 6) is -0.306. The molecule has 1 radical (unpaired) electrons. The van der Waals surface area contributed by atoms with Crippen LogP contribution in [0.2, 0.25) is 0 Å². The number of aromatic nitrogens is 1. The minimum absolute atomic E-state index is 0.306. The molecule has 0 fully saturated rings. The van der Waals surface area contributed by atoms with Gasteiger partial charge in [-0.25, -0.2) is 4.79 Å². The van der Waals surface area contributed by atoms with Gasteiger partial charge in [0.25, 0.3) is 0 Å². The van der Waals surface area contributed by atoms with Gasteiger partial charge >= 0.3 is 5.97 Å². The van der Waals surface area contributed by atoms with Crippen LogP contribution < -0.4 is 0 Å². The fraction of sp³-hybridized carbons (Fsp3) is 0.286. The molecule has 0 aliphatic carbocycles. The van der Waals surface area contributed by atoms with E-state index in [2.05, 4.69) is 11.2 Å². The van der Waals surface area contributed by atoms with Crippen LogP contribution in [0.4, 0.5) is 0 Å². The molecule has 3 nitrogen and oxygen atoms in total. The van der Waals surface area contributed by atoms with Crippen molar-refractivity contribution >= 4 is 5.97 Å². The lowest BCUT2D eigenvalue weighted by molar-refractivity contribution is 0.0526. The molecule has 0 aliphatic heterocycles. The highest BCUT2D eigenvalue weighted by Crippen LogP contribution is 1.97. The van der Waals surface area contributed by atoms with Crippen molar-refractivity contribution in [1.82, 2.24) is 4.98 Å². The summed E-state index contributed by atoms with van der Waals surface area (Å²) in [5, 5.41) is 0. The summed E-state index contributed by atoms with van der Waals surface area (Å²) in [6, 6.07) is 1.55. The molecule has 0 saturated carbocycles. The van der Waals surface area contributed by atoms with Crippen LogP contribution in [0.5, 0.6) is 0 Å². The number of hydrogen-bond donors (Lipinski definition) is 1. The van der Waals surface area contributed by atoms with E-state index in [9.17, 15) is 4.79 Å². The molecule has 1 N–H and O–H groups in total. The lowest BCUT2D eigenvalue weighted by Gasteiger charge is -1.95. The van der Waals surface area contributed by atoms with Crippen LogP contribution in [0.15, 0.2) is 12.3 Å². The monoisotopic (exact) mass is 138 g/mol. The van der Waals surface area contributed by atoms with Gasteiger partial charge in [-0.05, 0) is 13.0 Å². The van der Waals surface area contributed by atoms with Crippen LogP contribution in [-0.4, -0.2) is 17.6 Å². The van der Waals surface area contributed by atoms with E-state index in [1.165, 1.54) is 0 Å². The summed E-state index contributed by atoms with van der Waals surface area (Å²) < 4.78 is 4.71. The maximum Gasteiger partial charge on any atom is 0.339 e. The highest BCUT2D eigenvalue weighted by atomic mass is 16.5. The van der Waals surface area contributed by atoms with E-state index in [0.29, 0.717) is 12.2 Å². The van der Waals surface area contributed by atoms with E-state index < -0.39 is 0 Å². The second-order valence-electron chi connectivity index (χ2n) is 1.75. The summed E-state index contributed by atoms with van der Waals surface area (Å²) in [5.41, 5.74) is 0.516. The van der Waals surface area contributed by atoms with Gasteiger partial charge in [0.05, 0.1) is 18.4 Å². The Morgan fingerprint density at radius 1 is 1.90 bits per heavy atom. The molecule has 0 unspecified atom stereocenters. The topological polar surface area (TPSA) is 42.1 Å². The van der Waals surface area contributed by atoms with E-state index in [1.807, 2.05) is 0 Å². The van der Waals surface area contributed by atoms with E-state index in [4.69, 9.17) is 4.74 Å². The van der Waals surface area contributed by atoms with Gasteiger partial charge in [0, 0.05) is 6.20 Å². The van der Waals surface area contributed by atoms with Crippen molar-refractivity contribution in [3.05, 3.63) is 24.0 Å². The van der Waals surface area contributed by atoms with Crippen molar-refractivity contribution in [2.75, 3.05) is 6.61 Å². The molecule has 0 spiro atoms. The number of carbonyl (C=O) groups is 1. The van der Waals surface area contributed by atoms with Gasteiger partial charge in [-0.15, -0.1) is 0 Å². The standard InChI is InChI=1S/C7H8NO2/c1-2-10-7(9)6-3-4-8-5-6/h3,5,8H,2H2,1H3. The molecule has 0 aromatic carbocycles. The molecule has 0 saturated heterocycles. The molecule has 0 aliphatic rings. The zero-order valence-corrected chi connectivity index (χ0v) is 5.68. The first-order valence-electron chi connectivity index (χ1n) is 3.06. The first kappa shape index (κ1) is 6.86.